The van der Waals surface area contributed by atoms with Gasteiger partial charge in [0.2, 0.25) is 0 Å². The Labute approximate surface area is 414 Å². The summed E-state index contributed by atoms with van der Waals surface area (Å²) in [5.74, 6) is 0.295. The summed E-state index contributed by atoms with van der Waals surface area (Å²) in [6.45, 7) is 22.4. The predicted molar refractivity (Wildman–Crippen MR) is 280 cm³/mol. The molecule has 2 N–H and O–H groups in total. The fourth-order valence-electron chi connectivity index (χ4n) is 8.78. The van der Waals surface area contributed by atoms with E-state index in [0.717, 1.165) is 84.7 Å². The Morgan fingerprint density at radius 2 is 1.18 bits per heavy atom. The molecular formula is C62H63N3OPt. The summed E-state index contributed by atoms with van der Waals surface area (Å²) in [6, 6.07) is 59.2. The van der Waals surface area contributed by atoms with Gasteiger partial charge in [-0.2, -0.15) is 0 Å². The first-order valence-electron chi connectivity index (χ1n) is 23.3. The summed E-state index contributed by atoms with van der Waals surface area (Å²) >= 11 is 0. The van der Waals surface area contributed by atoms with Gasteiger partial charge in [-0.25, -0.2) is 0 Å². The number of aromatic hydroxyl groups is 1. The van der Waals surface area contributed by atoms with Crippen molar-refractivity contribution in [3.05, 3.63) is 204 Å². The largest absolute Gasteiger partial charge is 2.00 e. The predicted octanol–water partition coefficient (Wildman–Crippen LogP) is 17.5. The van der Waals surface area contributed by atoms with Crippen molar-refractivity contribution in [1.82, 2.24) is 4.98 Å². The molecule has 0 aliphatic heterocycles. The fourth-order valence-corrected chi connectivity index (χ4v) is 8.78. The molecule has 8 aromatic rings. The molecule has 0 fully saturated rings. The van der Waals surface area contributed by atoms with E-state index in [1.807, 2.05) is 24.4 Å². The van der Waals surface area contributed by atoms with Gasteiger partial charge in [-0.05, 0) is 92.8 Å². The number of phenolic OH excluding ortho intramolecular Hbond substituents is 1. The third kappa shape index (κ3) is 10.5. The van der Waals surface area contributed by atoms with Crippen LogP contribution in [0.1, 0.15) is 96.6 Å². The van der Waals surface area contributed by atoms with Crippen molar-refractivity contribution in [2.45, 2.75) is 98.4 Å². The average Bonchev–Trinajstić information content (AvgIpc) is 3.31. The van der Waals surface area contributed by atoms with E-state index in [1.165, 1.54) is 16.7 Å². The number of phenols is 1. The Morgan fingerprint density at radius 1 is 0.567 bits per heavy atom. The molecule has 0 radical (unpaired) electrons. The van der Waals surface area contributed by atoms with Crippen LogP contribution < -0.4 is 4.90 Å². The number of pyridine rings is 1. The normalized spacial score (nSPS) is 11.9. The number of nitrogens with one attached hydrogen (secondary N) is 1. The second kappa shape index (κ2) is 19.6. The fraction of sp³-hybridized carbons (Fsp3) is 0.242. The van der Waals surface area contributed by atoms with Gasteiger partial charge in [-0.3, -0.25) is 4.98 Å². The number of hydrogen-bond donors (Lipinski definition) is 1. The van der Waals surface area contributed by atoms with Crippen LogP contribution in [0.15, 0.2) is 164 Å². The molecule has 0 bridgehead atoms. The van der Waals surface area contributed by atoms with Gasteiger partial charge in [0.1, 0.15) is 5.75 Å². The van der Waals surface area contributed by atoms with Crippen LogP contribution in [0.2, 0.25) is 0 Å². The van der Waals surface area contributed by atoms with Crippen LogP contribution in [-0.2, 0) is 43.9 Å². The van der Waals surface area contributed by atoms with Gasteiger partial charge in [-0.1, -0.05) is 200 Å². The van der Waals surface area contributed by atoms with Crippen LogP contribution in [0.4, 0.5) is 17.1 Å². The summed E-state index contributed by atoms with van der Waals surface area (Å²) in [6.07, 6.45) is 2.87. The molecule has 1 heterocycles. The molecule has 0 aliphatic rings. The van der Waals surface area contributed by atoms with Gasteiger partial charge in [0.25, 0.3) is 0 Å². The number of hydrogen-bond acceptors (Lipinski definition) is 3. The van der Waals surface area contributed by atoms with E-state index >= 15 is 0 Å². The molecule has 342 valence electrons. The topological polar surface area (TPSA) is 60.2 Å². The molecule has 67 heavy (non-hydrogen) atoms. The quantitative estimate of drug-likeness (QED) is 0.131. The van der Waals surface area contributed by atoms with Crippen molar-refractivity contribution in [2.24, 2.45) is 0 Å². The van der Waals surface area contributed by atoms with Crippen molar-refractivity contribution >= 4 is 17.1 Å². The number of aryl methyl sites for hydroxylation is 1. The van der Waals surface area contributed by atoms with Crippen molar-refractivity contribution in [2.75, 3.05) is 4.90 Å². The number of nitrogens with zero attached hydrogens (tertiary/aromatic N) is 2. The molecule has 1 aromatic heterocycles. The molecule has 0 atom stereocenters. The summed E-state index contributed by atoms with van der Waals surface area (Å²) in [4.78, 5) is 7.15. The number of aromatic nitrogens is 1. The second-order valence-corrected chi connectivity index (χ2v) is 20.5. The molecule has 0 amide bonds. The van der Waals surface area contributed by atoms with Crippen molar-refractivity contribution in [1.29, 1.82) is 0 Å². The smallest absolute Gasteiger partial charge is 0.703 e. The van der Waals surface area contributed by atoms with Gasteiger partial charge < -0.3 is 15.7 Å². The van der Waals surface area contributed by atoms with Gasteiger partial charge in [0.15, 0.2) is 0 Å². The summed E-state index contributed by atoms with van der Waals surface area (Å²) in [5.41, 5.74) is 27.0. The van der Waals surface area contributed by atoms with E-state index in [1.54, 1.807) is 0 Å². The van der Waals surface area contributed by atoms with E-state index in [9.17, 15) is 10.8 Å². The maximum absolute atomic E-state index is 12.1. The molecule has 0 unspecified atom stereocenters. The van der Waals surface area contributed by atoms with Gasteiger partial charge >= 0.3 is 21.1 Å². The molecule has 7 aromatic carbocycles. The van der Waals surface area contributed by atoms with E-state index < -0.39 is 0 Å². The standard InChI is InChI=1S/C62H63N3O.Pt/c1-11-62(9,10)50-29-30-56(53(39-50)45-21-16-13-17-22-45)65(40-49-33-41(2)34-54(59(49)66)61(6,7)8)57-24-18-23-52(58(57)63)47-35-48(37-51(36-47)60(3,4)5)55-38-46(31-32-64-55)44-27-25-43(26-28-44)42-19-14-12-15-20-42;/h12-34,36-39,63,66H,11,40H2,1-10H3;/q-2;+2. The number of anilines is 2. The van der Waals surface area contributed by atoms with Crippen molar-refractivity contribution < 1.29 is 26.2 Å². The van der Waals surface area contributed by atoms with Crippen LogP contribution in [0.5, 0.6) is 5.75 Å². The second-order valence-electron chi connectivity index (χ2n) is 20.5. The van der Waals surface area contributed by atoms with Crippen molar-refractivity contribution in [3.63, 3.8) is 0 Å². The summed E-state index contributed by atoms with van der Waals surface area (Å²) in [5, 5.41) is 12.1. The SMILES string of the molecule is CCC(C)(C)c1ccc(N(Cc2cc(C)cc(C(C)(C)C)c2O)c2cccc(-c3[c-]c(-c4cc(-c5ccc(-c6ccccc6)cc5)ccn4)cc(C(C)(C)C)c3)c2[NH-])c(-c2ccccc2)c1.[Pt+2]. The summed E-state index contributed by atoms with van der Waals surface area (Å²) < 4.78 is 0. The zero-order valence-corrected chi connectivity index (χ0v) is 42.9. The molecule has 5 heteroatoms. The van der Waals surface area contributed by atoms with E-state index in [-0.39, 0.29) is 37.3 Å². The van der Waals surface area contributed by atoms with Crippen LogP contribution in [0, 0.1) is 13.0 Å². The number of benzene rings is 7. The van der Waals surface area contributed by atoms with Crippen LogP contribution in [0.3, 0.4) is 0 Å². The number of rotatable bonds is 11. The minimum atomic E-state index is -0.272. The molecule has 0 saturated carbocycles. The first-order chi connectivity index (χ1) is 31.4. The third-order valence-corrected chi connectivity index (χ3v) is 13.2. The third-order valence-electron chi connectivity index (χ3n) is 13.2. The molecule has 4 nitrogen and oxygen atoms in total. The first-order valence-corrected chi connectivity index (χ1v) is 23.3. The van der Waals surface area contributed by atoms with Crippen LogP contribution in [0.25, 0.3) is 61.5 Å². The van der Waals surface area contributed by atoms with E-state index in [2.05, 4.69) is 220 Å². The zero-order valence-electron chi connectivity index (χ0n) is 40.7. The molecule has 0 aliphatic carbocycles. The Balaban J connectivity index is 0.00000666. The molecule has 8 rings (SSSR count). The van der Waals surface area contributed by atoms with Gasteiger partial charge in [0.05, 0.1) is 6.54 Å². The molecule has 0 saturated heterocycles. The summed E-state index contributed by atoms with van der Waals surface area (Å²) in [7, 11) is 0. The first kappa shape index (κ1) is 48.7. The Bertz CT molecular complexity index is 3000. The Hall–Kier alpha value is -6.22. The van der Waals surface area contributed by atoms with E-state index in [4.69, 9.17) is 4.98 Å². The minimum Gasteiger partial charge on any atom is -0.703 e. The van der Waals surface area contributed by atoms with E-state index in [0.29, 0.717) is 18.0 Å². The molecule has 0 spiro atoms. The van der Waals surface area contributed by atoms with Gasteiger partial charge in [0, 0.05) is 34.4 Å². The van der Waals surface area contributed by atoms with Crippen molar-refractivity contribution in [3.8, 4) is 61.5 Å². The minimum absolute atomic E-state index is 0. The Morgan fingerprint density at radius 3 is 1.81 bits per heavy atom. The van der Waals surface area contributed by atoms with Crippen LogP contribution >= 0.6 is 0 Å². The Kier molecular flexibility index (Phi) is 14.2. The van der Waals surface area contributed by atoms with Gasteiger partial charge in [-0.15, -0.1) is 35.0 Å². The monoisotopic (exact) mass is 1060 g/mol. The average molecular weight is 1060 g/mol. The van der Waals surface area contributed by atoms with Crippen LogP contribution in [-0.4, -0.2) is 10.1 Å². The zero-order chi connectivity index (χ0) is 47.0. The maximum atomic E-state index is 12.1. The maximum Gasteiger partial charge on any atom is 2.00 e. The molecular weight excluding hydrogens is 998 g/mol.